The van der Waals surface area contributed by atoms with Crippen molar-refractivity contribution >= 4 is 6.03 Å². The van der Waals surface area contributed by atoms with Gasteiger partial charge in [0.05, 0.1) is 12.3 Å². The maximum atomic E-state index is 12.3. The third-order valence-corrected chi connectivity index (χ3v) is 3.18. The molecular weight excluding hydrogens is 282 g/mol. The summed E-state index contributed by atoms with van der Waals surface area (Å²) >= 11 is 0. The van der Waals surface area contributed by atoms with E-state index >= 15 is 0 Å². The van der Waals surface area contributed by atoms with Crippen molar-refractivity contribution in [3.63, 3.8) is 0 Å². The highest BCUT2D eigenvalue weighted by Gasteiger charge is 2.23. The topological polar surface area (TPSA) is 65.4 Å². The molecule has 0 spiro atoms. The number of methoxy groups -OCH3 is 1. The van der Waals surface area contributed by atoms with Crippen LogP contribution in [0.2, 0.25) is 0 Å². The lowest BCUT2D eigenvalue weighted by atomic mass is 9.93. The summed E-state index contributed by atoms with van der Waals surface area (Å²) in [4.78, 5) is 16.8. The minimum Gasteiger partial charge on any atom is -0.462 e. The fourth-order valence-electron chi connectivity index (χ4n) is 1.74. The van der Waals surface area contributed by atoms with Crippen molar-refractivity contribution in [3.8, 4) is 6.01 Å². The molecule has 0 aliphatic carbocycles. The molecule has 1 rings (SSSR count). The zero-order chi connectivity index (χ0) is 16.8. The second kappa shape index (κ2) is 8.17. The van der Waals surface area contributed by atoms with Gasteiger partial charge in [-0.15, -0.1) is 0 Å². The Morgan fingerprint density at radius 1 is 1.36 bits per heavy atom. The van der Waals surface area contributed by atoms with Gasteiger partial charge in [0.1, 0.15) is 6.61 Å². The van der Waals surface area contributed by atoms with Gasteiger partial charge in [0.2, 0.25) is 0 Å². The third-order valence-electron chi connectivity index (χ3n) is 3.18. The first-order chi connectivity index (χ1) is 10.3. The predicted octanol–water partition coefficient (Wildman–Crippen LogP) is 2.81. The summed E-state index contributed by atoms with van der Waals surface area (Å²) in [5.74, 6) is 0.547. The summed E-state index contributed by atoms with van der Waals surface area (Å²) in [7, 11) is 1.61. The lowest BCUT2D eigenvalue weighted by molar-refractivity contribution is 0.138. The molecule has 126 valence electrons. The van der Waals surface area contributed by atoms with Crippen LogP contribution in [0, 0.1) is 5.92 Å². The van der Waals surface area contributed by atoms with Crippen molar-refractivity contribution < 1.29 is 14.3 Å². The molecule has 0 aliphatic rings. The van der Waals surface area contributed by atoms with E-state index in [2.05, 4.69) is 44.9 Å². The van der Waals surface area contributed by atoms with E-state index in [1.807, 2.05) is 0 Å². The lowest BCUT2D eigenvalue weighted by Gasteiger charge is -2.13. The van der Waals surface area contributed by atoms with Gasteiger partial charge in [0.15, 0.2) is 0 Å². The Labute approximate surface area is 133 Å². The van der Waals surface area contributed by atoms with Crippen molar-refractivity contribution in [1.82, 2.24) is 14.9 Å². The monoisotopic (exact) mass is 311 g/mol. The molecule has 0 unspecified atom stereocenters. The van der Waals surface area contributed by atoms with Gasteiger partial charge in [-0.3, -0.25) is 0 Å². The zero-order valence-electron chi connectivity index (χ0n) is 14.6. The van der Waals surface area contributed by atoms with Gasteiger partial charge in [0, 0.05) is 25.3 Å². The van der Waals surface area contributed by atoms with Crippen molar-refractivity contribution in [1.29, 1.82) is 0 Å². The summed E-state index contributed by atoms with van der Waals surface area (Å²) < 4.78 is 12.0. The number of ether oxygens (including phenoxy) is 2. The van der Waals surface area contributed by atoms with Crippen LogP contribution < -0.4 is 10.1 Å². The number of hydrogen-bond acceptors (Lipinski definition) is 4. The van der Waals surface area contributed by atoms with Crippen LogP contribution in [0.25, 0.3) is 0 Å². The molecule has 1 heterocycles. The molecule has 1 amide bonds. The van der Waals surface area contributed by atoms with Gasteiger partial charge in [-0.25, -0.2) is 9.36 Å². The van der Waals surface area contributed by atoms with Crippen LogP contribution in [0.1, 0.15) is 46.7 Å². The molecule has 0 fully saturated rings. The summed E-state index contributed by atoms with van der Waals surface area (Å²) in [6, 6.07) is 0.0973. The van der Waals surface area contributed by atoms with Gasteiger partial charge < -0.3 is 14.8 Å². The average Bonchev–Trinajstić information content (AvgIpc) is 2.82. The Balaban J connectivity index is 2.84. The van der Waals surface area contributed by atoms with E-state index in [0.29, 0.717) is 31.7 Å². The molecule has 0 atom stereocenters. The smallest absolute Gasteiger partial charge is 0.329 e. The summed E-state index contributed by atoms with van der Waals surface area (Å²) in [5.41, 5.74) is 0.668. The fourth-order valence-corrected chi connectivity index (χ4v) is 1.74. The van der Waals surface area contributed by atoms with Gasteiger partial charge in [-0.05, 0) is 12.3 Å². The Kier molecular flexibility index (Phi) is 6.87. The molecule has 1 aromatic heterocycles. The standard InChI is InChI=1S/C16H29N3O3/c1-12(2)7-8-17-14(20)19-11-13(16(3,4)5)18-15(19)22-10-9-21-6/h11-12H,7-10H2,1-6H3,(H,17,20). The summed E-state index contributed by atoms with van der Waals surface area (Å²) in [6.45, 7) is 11.8. The van der Waals surface area contributed by atoms with E-state index in [0.717, 1.165) is 12.1 Å². The number of imidazole rings is 1. The number of carbonyl (C=O) groups is 1. The quantitative estimate of drug-likeness (QED) is 0.786. The highest BCUT2D eigenvalue weighted by atomic mass is 16.5. The van der Waals surface area contributed by atoms with Crippen LogP contribution >= 0.6 is 0 Å². The normalized spacial score (nSPS) is 11.8. The Bertz CT molecular complexity index is 475. The van der Waals surface area contributed by atoms with Crippen LogP contribution in [-0.2, 0) is 10.2 Å². The summed E-state index contributed by atoms with van der Waals surface area (Å²) in [5, 5.41) is 2.90. The molecule has 0 saturated heterocycles. The zero-order valence-corrected chi connectivity index (χ0v) is 14.6. The van der Waals surface area contributed by atoms with Crippen LogP contribution in [0.15, 0.2) is 6.20 Å². The van der Waals surface area contributed by atoms with Gasteiger partial charge >= 0.3 is 12.0 Å². The number of aromatic nitrogens is 2. The molecule has 1 aromatic rings. The number of hydrogen-bond donors (Lipinski definition) is 1. The second-order valence-corrected chi connectivity index (χ2v) is 6.78. The number of amides is 1. The second-order valence-electron chi connectivity index (χ2n) is 6.78. The van der Waals surface area contributed by atoms with Crippen LogP contribution in [0.5, 0.6) is 6.01 Å². The molecule has 0 radical (unpaired) electrons. The fraction of sp³-hybridized carbons (Fsp3) is 0.750. The Hall–Kier alpha value is -1.56. The van der Waals surface area contributed by atoms with Crippen molar-refractivity contribution in [2.75, 3.05) is 26.9 Å². The molecule has 22 heavy (non-hydrogen) atoms. The largest absolute Gasteiger partial charge is 0.462 e. The highest BCUT2D eigenvalue weighted by Crippen LogP contribution is 2.24. The van der Waals surface area contributed by atoms with Crippen molar-refractivity contribution in [2.24, 2.45) is 5.92 Å². The lowest BCUT2D eigenvalue weighted by Crippen LogP contribution is -2.30. The van der Waals surface area contributed by atoms with Crippen LogP contribution in [0.4, 0.5) is 4.79 Å². The Morgan fingerprint density at radius 3 is 2.59 bits per heavy atom. The number of carbonyl (C=O) groups excluding carboxylic acids is 1. The Morgan fingerprint density at radius 2 is 2.05 bits per heavy atom. The molecule has 1 N–H and O–H groups in total. The van der Waals surface area contributed by atoms with Crippen molar-refractivity contribution in [2.45, 2.75) is 46.5 Å². The predicted molar refractivity (Wildman–Crippen MR) is 86.5 cm³/mol. The molecule has 6 nitrogen and oxygen atoms in total. The number of nitrogens with zero attached hydrogens (tertiary/aromatic N) is 2. The van der Waals surface area contributed by atoms with Gasteiger partial charge in [0.25, 0.3) is 0 Å². The molecule has 6 heteroatoms. The van der Waals surface area contributed by atoms with Crippen LogP contribution in [0.3, 0.4) is 0 Å². The first-order valence-electron chi connectivity index (χ1n) is 7.75. The SMILES string of the molecule is COCCOc1nc(C(C)(C)C)cn1C(=O)NCCC(C)C. The first-order valence-corrected chi connectivity index (χ1v) is 7.75. The van der Waals surface area contributed by atoms with Gasteiger partial charge in [-0.2, -0.15) is 4.98 Å². The van der Waals surface area contributed by atoms with E-state index in [-0.39, 0.29) is 11.4 Å². The van der Waals surface area contributed by atoms with E-state index in [1.165, 1.54) is 4.57 Å². The minimum atomic E-state index is -0.212. The number of rotatable bonds is 7. The molecule has 0 saturated carbocycles. The summed E-state index contributed by atoms with van der Waals surface area (Å²) in [6.07, 6.45) is 2.68. The molecule has 0 aromatic carbocycles. The minimum absolute atomic E-state index is 0.150. The van der Waals surface area contributed by atoms with Gasteiger partial charge in [-0.1, -0.05) is 34.6 Å². The molecular formula is C16H29N3O3. The number of nitrogens with one attached hydrogen (secondary N) is 1. The molecule has 0 aliphatic heterocycles. The van der Waals surface area contributed by atoms with Crippen molar-refractivity contribution in [3.05, 3.63) is 11.9 Å². The first kappa shape index (κ1) is 18.5. The third kappa shape index (κ3) is 5.67. The molecule has 0 bridgehead atoms. The van der Waals surface area contributed by atoms with E-state index < -0.39 is 0 Å². The average molecular weight is 311 g/mol. The van der Waals surface area contributed by atoms with E-state index in [1.54, 1.807) is 13.3 Å². The highest BCUT2D eigenvalue weighted by molar-refractivity contribution is 5.78. The van der Waals surface area contributed by atoms with E-state index in [9.17, 15) is 4.79 Å². The van der Waals surface area contributed by atoms with Crippen LogP contribution in [-0.4, -0.2) is 42.5 Å². The maximum absolute atomic E-state index is 12.3. The maximum Gasteiger partial charge on any atom is 0.329 e. The van der Waals surface area contributed by atoms with E-state index in [4.69, 9.17) is 9.47 Å².